The minimum atomic E-state index is -0.234. The first kappa shape index (κ1) is 14.7. The van der Waals surface area contributed by atoms with Crippen molar-refractivity contribution in [1.82, 2.24) is 0 Å². The van der Waals surface area contributed by atoms with Crippen LogP contribution in [0, 0.1) is 11.8 Å². The molecule has 1 rings (SSSR count). The SMILES string of the molecule is CC(C)CC(CN)C(O)CCCc1cccs1. The third-order valence-electron chi connectivity index (χ3n) is 3.12. The van der Waals surface area contributed by atoms with E-state index in [1.54, 1.807) is 11.3 Å². The van der Waals surface area contributed by atoms with E-state index in [1.807, 2.05) is 0 Å². The highest BCUT2D eigenvalue weighted by atomic mass is 32.1. The number of rotatable bonds is 8. The van der Waals surface area contributed by atoms with Crippen molar-refractivity contribution in [2.75, 3.05) is 6.54 Å². The Morgan fingerprint density at radius 1 is 1.41 bits per heavy atom. The second-order valence-corrected chi connectivity index (χ2v) is 6.20. The molecule has 0 aliphatic heterocycles. The van der Waals surface area contributed by atoms with Crippen molar-refractivity contribution in [2.24, 2.45) is 17.6 Å². The van der Waals surface area contributed by atoms with Crippen molar-refractivity contribution in [3.8, 4) is 0 Å². The van der Waals surface area contributed by atoms with Crippen LogP contribution in [0.15, 0.2) is 17.5 Å². The Morgan fingerprint density at radius 3 is 2.71 bits per heavy atom. The predicted molar refractivity (Wildman–Crippen MR) is 75.3 cm³/mol. The van der Waals surface area contributed by atoms with E-state index >= 15 is 0 Å². The van der Waals surface area contributed by atoms with Crippen LogP contribution in [0.3, 0.4) is 0 Å². The Bertz CT molecular complexity index is 284. The zero-order chi connectivity index (χ0) is 12.7. The molecule has 0 spiro atoms. The Kier molecular flexibility index (Phi) is 6.78. The quantitative estimate of drug-likeness (QED) is 0.750. The van der Waals surface area contributed by atoms with Crippen LogP contribution in [0.4, 0.5) is 0 Å². The number of hydrogen-bond donors (Lipinski definition) is 2. The van der Waals surface area contributed by atoms with Crippen LogP contribution in [0.5, 0.6) is 0 Å². The average Bonchev–Trinajstić information content (AvgIpc) is 2.78. The molecule has 2 nitrogen and oxygen atoms in total. The zero-order valence-electron chi connectivity index (χ0n) is 10.9. The molecule has 0 aliphatic carbocycles. The molecule has 0 saturated carbocycles. The first-order chi connectivity index (χ1) is 8.13. The summed E-state index contributed by atoms with van der Waals surface area (Å²) in [5.41, 5.74) is 5.73. The molecule has 3 heteroatoms. The van der Waals surface area contributed by atoms with E-state index in [0.29, 0.717) is 12.5 Å². The number of hydrogen-bond acceptors (Lipinski definition) is 3. The van der Waals surface area contributed by atoms with Crippen molar-refractivity contribution in [1.29, 1.82) is 0 Å². The molecule has 0 amide bonds. The minimum absolute atomic E-state index is 0.234. The molecule has 0 aliphatic rings. The van der Waals surface area contributed by atoms with Gasteiger partial charge in [-0.3, -0.25) is 0 Å². The van der Waals surface area contributed by atoms with Crippen LogP contribution in [-0.2, 0) is 6.42 Å². The van der Waals surface area contributed by atoms with Gasteiger partial charge in [-0.1, -0.05) is 19.9 Å². The summed E-state index contributed by atoms with van der Waals surface area (Å²) in [4.78, 5) is 1.41. The maximum Gasteiger partial charge on any atom is 0.0580 e. The van der Waals surface area contributed by atoms with Crippen LogP contribution >= 0.6 is 11.3 Å². The molecule has 0 aromatic carbocycles. The highest BCUT2D eigenvalue weighted by Gasteiger charge is 2.18. The summed E-state index contributed by atoms with van der Waals surface area (Å²) in [6.07, 6.45) is 3.79. The third kappa shape index (κ3) is 5.66. The lowest BCUT2D eigenvalue weighted by Gasteiger charge is -2.23. The fourth-order valence-electron chi connectivity index (χ4n) is 2.19. The molecule has 0 bridgehead atoms. The molecule has 17 heavy (non-hydrogen) atoms. The summed E-state index contributed by atoms with van der Waals surface area (Å²) >= 11 is 1.79. The molecule has 0 radical (unpaired) electrons. The molecule has 0 saturated heterocycles. The van der Waals surface area contributed by atoms with Crippen LogP contribution in [0.2, 0.25) is 0 Å². The van der Waals surface area contributed by atoms with E-state index in [9.17, 15) is 5.11 Å². The van der Waals surface area contributed by atoms with Gasteiger partial charge in [0.25, 0.3) is 0 Å². The Balaban J connectivity index is 2.24. The summed E-state index contributed by atoms with van der Waals surface area (Å²) in [6, 6.07) is 4.24. The van der Waals surface area contributed by atoms with Gasteiger partial charge in [-0.05, 0) is 55.5 Å². The molecule has 98 valence electrons. The lowest BCUT2D eigenvalue weighted by molar-refractivity contribution is 0.0891. The monoisotopic (exact) mass is 255 g/mol. The van der Waals surface area contributed by atoms with E-state index in [0.717, 1.165) is 25.7 Å². The first-order valence-corrected chi connectivity index (χ1v) is 7.42. The van der Waals surface area contributed by atoms with E-state index in [2.05, 4.69) is 31.4 Å². The molecule has 2 unspecified atom stereocenters. The standard InChI is InChI=1S/C14H25NOS/c1-11(2)9-12(10-15)14(16)7-3-5-13-6-4-8-17-13/h4,6,8,11-12,14,16H,3,5,7,9-10,15H2,1-2H3. The number of nitrogens with two attached hydrogens (primary N) is 1. The van der Waals surface area contributed by atoms with E-state index < -0.39 is 0 Å². The highest BCUT2D eigenvalue weighted by Crippen LogP contribution is 2.19. The molecule has 0 fully saturated rings. The molecule has 3 N–H and O–H groups in total. The second-order valence-electron chi connectivity index (χ2n) is 5.16. The molecular formula is C14H25NOS. The lowest BCUT2D eigenvalue weighted by Crippen LogP contribution is -2.29. The lowest BCUT2D eigenvalue weighted by atomic mass is 9.89. The third-order valence-corrected chi connectivity index (χ3v) is 4.06. The zero-order valence-corrected chi connectivity index (χ0v) is 11.7. The Labute approximate surface area is 109 Å². The van der Waals surface area contributed by atoms with Crippen LogP contribution < -0.4 is 5.73 Å². The Morgan fingerprint density at radius 2 is 2.18 bits per heavy atom. The predicted octanol–water partition coefficient (Wildman–Crippen LogP) is 3.05. The summed E-state index contributed by atoms with van der Waals surface area (Å²) in [7, 11) is 0. The van der Waals surface area contributed by atoms with Crippen molar-refractivity contribution in [2.45, 2.75) is 45.6 Å². The van der Waals surface area contributed by atoms with Crippen molar-refractivity contribution in [3.05, 3.63) is 22.4 Å². The van der Waals surface area contributed by atoms with E-state index in [4.69, 9.17) is 5.73 Å². The number of thiophene rings is 1. The van der Waals surface area contributed by atoms with Gasteiger partial charge in [0.05, 0.1) is 6.10 Å². The summed E-state index contributed by atoms with van der Waals surface area (Å²) < 4.78 is 0. The normalized spacial score (nSPS) is 15.1. The van der Waals surface area contributed by atoms with Gasteiger partial charge in [-0.15, -0.1) is 11.3 Å². The summed E-state index contributed by atoms with van der Waals surface area (Å²) in [5.74, 6) is 0.869. The maximum atomic E-state index is 10.1. The molecule has 1 aromatic heterocycles. The first-order valence-electron chi connectivity index (χ1n) is 6.54. The molecule has 2 atom stereocenters. The van der Waals surface area contributed by atoms with Crippen molar-refractivity contribution < 1.29 is 5.11 Å². The fourth-order valence-corrected chi connectivity index (χ4v) is 2.94. The number of aryl methyl sites for hydroxylation is 1. The van der Waals surface area contributed by atoms with Gasteiger partial charge in [0.2, 0.25) is 0 Å². The van der Waals surface area contributed by atoms with Gasteiger partial charge in [0.1, 0.15) is 0 Å². The van der Waals surface area contributed by atoms with Crippen molar-refractivity contribution in [3.63, 3.8) is 0 Å². The van der Waals surface area contributed by atoms with Crippen LogP contribution in [0.25, 0.3) is 0 Å². The molecule has 1 aromatic rings. The minimum Gasteiger partial charge on any atom is -0.393 e. The number of aliphatic hydroxyl groups is 1. The largest absolute Gasteiger partial charge is 0.393 e. The maximum absolute atomic E-state index is 10.1. The molecular weight excluding hydrogens is 230 g/mol. The van der Waals surface area contributed by atoms with Crippen LogP contribution in [-0.4, -0.2) is 17.8 Å². The van der Waals surface area contributed by atoms with Crippen LogP contribution in [0.1, 0.15) is 38.0 Å². The Hall–Kier alpha value is -0.380. The highest BCUT2D eigenvalue weighted by molar-refractivity contribution is 7.09. The fraction of sp³-hybridized carbons (Fsp3) is 0.714. The van der Waals surface area contributed by atoms with Gasteiger partial charge >= 0.3 is 0 Å². The van der Waals surface area contributed by atoms with Gasteiger partial charge in [-0.25, -0.2) is 0 Å². The average molecular weight is 255 g/mol. The number of aliphatic hydroxyl groups excluding tert-OH is 1. The second kappa shape index (κ2) is 7.85. The summed E-state index contributed by atoms with van der Waals surface area (Å²) in [5, 5.41) is 12.2. The van der Waals surface area contributed by atoms with Gasteiger partial charge < -0.3 is 10.8 Å². The van der Waals surface area contributed by atoms with Gasteiger partial charge in [0.15, 0.2) is 0 Å². The summed E-state index contributed by atoms with van der Waals surface area (Å²) in [6.45, 7) is 4.96. The van der Waals surface area contributed by atoms with Gasteiger partial charge in [-0.2, -0.15) is 0 Å². The molecule has 1 heterocycles. The van der Waals surface area contributed by atoms with E-state index in [-0.39, 0.29) is 12.0 Å². The van der Waals surface area contributed by atoms with Crippen molar-refractivity contribution >= 4 is 11.3 Å². The smallest absolute Gasteiger partial charge is 0.0580 e. The topological polar surface area (TPSA) is 46.2 Å². The van der Waals surface area contributed by atoms with E-state index in [1.165, 1.54) is 4.88 Å². The van der Waals surface area contributed by atoms with Gasteiger partial charge in [0, 0.05) is 4.88 Å².